The van der Waals surface area contributed by atoms with E-state index in [-0.39, 0.29) is 17.9 Å². The largest absolute Gasteiger partial charge is 0.327 e. The summed E-state index contributed by atoms with van der Waals surface area (Å²) in [7, 11) is 0. The molecule has 3 heteroatoms. The van der Waals surface area contributed by atoms with Gasteiger partial charge in [0.05, 0.1) is 12.1 Å². The maximum absolute atomic E-state index is 11.9. The average molecular weight is 194 g/mol. The third-order valence-corrected chi connectivity index (χ3v) is 2.73. The van der Waals surface area contributed by atoms with E-state index >= 15 is 0 Å². The van der Waals surface area contributed by atoms with Crippen LogP contribution in [0.25, 0.3) is 0 Å². The molecule has 1 amide bonds. The topological polar surface area (TPSA) is 46.3 Å². The van der Waals surface area contributed by atoms with Crippen molar-refractivity contribution in [3.05, 3.63) is 0 Å². The van der Waals surface area contributed by atoms with E-state index in [9.17, 15) is 4.79 Å². The van der Waals surface area contributed by atoms with Crippen LogP contribution in [-0.2, 0) is 4.79 Å². The second-order valence-corrected chi connectivity index (χ2v) is 4.13. The highest BCUT2D eigenvalue weighted by Gasteiger charge is 2.31. The van der Waals surface area contributed by atoms with Crippen molar-refractivity contribution in [2.24, 2.45) is 11.7 Å². The quantitative estimate of drug-likeness (QED) is 0.654. The van der Waals surface area contributed by atoms with Crippen LogP contribution in [0.1, 0.15) is 26.7 Å². The van der Waals surface area contributed by atoms with Gasteiger partial charge in [0.1, 0.15) is 0 Å². The number of nitrogens with two attached hydrogens (primary N) is 1. The second kappa shape index (κ2) is 4.47. The lowest BCUT2D eigenvalue weighted by atomic mass is 10.0. The molecule has 0 bridgehead atoms. The van der Waals surface area contributed by atoms with Gasteiger partial charge < -0.3 is 10.6 Å². The van der Waals surface area contributed by atoms with Crippen molar-refractivity contribution in [3.63, 3.8) is 0 Å². The van der Waals surface area contributed by atoms with Gasteiger partial charge in [0.25, 0.3) is 0 Å². The highest BCUT2D eigenvalue weighted by molar-refractivity contribution is 5.82. The minimum absolute atomic E-state index is 0.000417. The number of likely N-dealkylation sites (tertiary alicyclic amines) is 1. The summed E-state index contributed by atoms with van der Waals surface area (Å²) in [5.41, 5.74) is 5.80. The van der Waals surface area contributed by atoms with E-state index in [0.29, 0.717) is 0 Å². The maximum atomic E-state index is 11.9. The fourth-order valence-electron chi connectivity index (χ4n) is 1.68. The number of carbonyl (C=O) groups excluding carboxylic acids is 1. The lowest BCUT2D eigenvalue weighted by Gasteiger charge is -2.25. The standard InChI is InChI=1S/C11H18N2O/c1-4-9-6-5-7-13(9)11(14)10(12)8(2)3/h1,8-10H,5-7,12H2,2-3H3/t9-,10+/m1/s1. The molecular formula is C11H18N2O. The van der Waals surface area contributed by atoms with Gasteiger partial charge in [-0.15, -0.1) is 6.42 Å². The van der Waals surface area contributed by atoms with Crippen LogP contribution in [0.5, 0.6) is 0 Å². The number of nitrogens with zero attached hydrogens (tertiary/aromatic N) is 1. The lowest BCUT2D eigenvalue weighted by molar-refractivity contribution is -0.133. The van der Waals surface area contributed by atoms with Crippen LogP contribution in [-0.4, -0.2) is 29.4 Å². The maximum Gasteiger partial charge on any atom is 0.240 e. The van der Waals surface area contributed by atoms with Crippen molar-refractivity contribution in [1.29, 1.82) is 0 Å². The monoisotopic (exact) mass is 194 g/mol. The first kappa shape index (κ1) is 11.1. The summed E-state index contributed by atoms with van der Waals surface area (Å²) < 4.78 is 0. The molecule has 2 N–H and O–H groups in total. The van der Waals surface area contributed by atoms with Crippen LogP contribution >= 0.6 is 0 Å². The fourth-order valence-corrected chi connectivity index (χ4v) is 1.68. The second-order valence-electron chi connectivity index (χ2n) is 4.13. The van der Waals surface area contributed by atoms with Gasteiger partial charge in [0.15, 0.2) is 0 Å². The molecule has 0 unspecified atom stereocenters. The number of hydrogen-bond donors (Lipinski definition) is 1. The summed E-state index contributed by atoms with van der Waals surface area (Å²) >= 11 is 0. The Hall–Kier alpha value is -1.01. The molecule has 0 aromatic heterocycles. The molecule has 0 aromatic carbocycles. The van der Waals surface area contributed by atoms with Gasteiger partial charge in [-0.3, -0.25) is 4.79 Å². The van der Waals surface area contributed by atoms with E-state index in [1.807, 2.05) is 13.8 Å². The Balaban J connectivity index is 2.65. The average Bonchev–Trinajstić information content (AvgIpc) is 2.62. The van der Waals surface area contributed by atoms with E-state index in [4.69, 9.17) is 12.2 Å². The van der Waals surface area contributed by atoms with Crippen molar-refractivity contribution in [1.82, 2.24) is 4.90 Å². The Morgan fingerprint density at radius 3 is 2.79 bits per heavy atom. The van der Waals surface area contributed by atoms with Gasteiger partial charge in [0, 0.05) is 6.54 Å². The molecule has 0 spiro atoms. The van der Waals surface area contributed by atoms with Crippen LogP contribution in [0.15, 0.2) is 0 Å². The zero-order valence-electron chi connectivity index (χ0n) is 8.86. The first-order valence-corrected chi connectivity index (χ1v) is 5.10. The summed E-state index contributed by atoms with van der Waals surface area (Å²) in [6, 6.07) is -0.448. The summed E-state index contributed by atoms with van der Waals surface area (Å²) in [5, 5.41) is 0. The molecule has 78 valence electrons. The third kappa shape index (κ3) is 2.08. The molecule has 0 radical (unpaired) electrons. The molecule has 3 nitrogen and oxygen atoms in total. The molecule has 0 aromatic rings. The summed E-state index contributed by atoms with van der Waals surface area (Å²) in [4.78, 5) is 13.6. The molecule has 1 heterocycles. The smallest absolute Gasteiger partial charge is 0.240 e. The van der Waals surface area contributed by atoms with Gasteiger partial charge in [0.2, 0.25) is 5.91 Å². The molecule has 14 heavy (non-hydrogen) atoms. The van der Waals surface area contributed by atoms with Crippen LogP contribution in [0.2, 0.25) is 0 Å². The van der Waals surface area contributed by atoms with Gasteiger partial charge in [-0.1, -0.05) is 19.8 Å². The van der Waals surface area contributed by atoms with Crippen molar-refractivity contribution < 1.29 is 4.79 Å². The van der Waals surface area contributed by atoms with Crippen molar-refractivity contribution in [2.45, 2.75) is 38.8 Å². The van der Waals surface area contributed by atoms with E-state index in [1.165, 1.54) is 0 Å². The van der Waals surface area contributed by atoms with E-state index in [0.717, 1.165) is 19.4 Å². The molecule has 1 aliphatic rings. The van der Waals surface area contributed by atoms with E-state index < -0.39 is 6.04 Å². The zero-order valence-corrected chi connectivity index (χ0v) is 8.86. The summed E-state index contributed by atoms with van der Waals surface area (Å²) in [6.07, 6.45) is 7.25. The summed E-state index contributed by atoms with van der Waals surface area (Å²) in [5.74, 6) is 2.81. The molecule has 0 saturated carbocycles. The van der Waals surface area contributed by atoms with Crippen LogP contribution in [0, 0.1) is 18.3 Å². The Morgan fingerprint density at radius 2 is 2.29 bits per heavy atom. The number of hydrogen-bond acceptors (Lipinski definition) is 2. The SMILES string of the molecule is C#C[C@@H]1CCCN1C(=O)[C@@H](N)C(C)C. The first-order valence-electron chi connectivity index (χ1n) is 5.10. The highest BCUT2D eigenvalue weighted by Crippen LogP contribution is 2.18. The van der Waals surface area contributed by atoms with Crippen molar-refractivity contribution in [3.8, 4) is 12.3 Å². The Labute approximate surface area is 85.6 Å². The number of terminal acetylenes is 1. The summed E-state index contributed by atoms with van der Waals surface area (Å²) in [6.45, 7) is 4.65. The van der Waals surface area contributed by atoms with Crippen LogP contribution in [0.4, 0.5) is 0 Å². The zero-order chi connectivity index (χ0) is 10.7. The minimum atomic E-state index is -0.413. The number of amides is 1. The Morgan fingerprint density at radius 1 is 1.64 bits per heavy atom. The predicted molar refractivity (Wildman–Crippen MR) is 56.4 cm³/mol. The predicted octanol–water partition coefficient (Wildman–Crippen LogP) is 0.594. The molecule has 0 aliphatic carbocycles. The molecule has 2 atom stereocenters. The molecule has 1 rings (SSSR count). The molecular weight excluding hydrogens is 176 g/mol. The highest BCUT2D eigenvalue weighted by atomic mass is 16.2. The number of carbonyl (C=O) groups is 1. The van der Waals surface area contributed by atoms with Crippen LogP contribution in [0.3, 0.4) is 0 Å². The van der Waals surface area contributed by atoms with Crippen molar-refractivity contribution in [2.75, 3.05) is 6.54 Å². The van der Waals surface area contributed by atoms with Crippen LogP contribution < -0.4 is 5.73 Å². The lowest BCUT2D eigenvalue weighted by Crippen LogP contribution is -2.48. The normalized spacial score (nSPS) is 23.6. The van der Waals surface area contributed by atoms with Gasteiger partial charge in [-0.2, -0.15) is 0 Å². The van der Waals surface area contributed by atoms with E-state index in [2.05, 4.69) is 5.92 Å². The first-order chi connectivity index (χ1) is 6.57. The fraction of sp³-hybridized carbons (Fsp3) is 0.727. The van der Waals surface area contributed by atoms with Crippen molar-refractivity contribution >= 4 is 5.91 Å². The third-order valence-electron chi connectivity index (χ3n) is 2.73. The molecule has 1 saturated heterocycles. The molecule has 1 aliphatic heterocycles. The molecule has 1 fully saturated rings. The van der Waals surface area contributed by atoms with Gasteiger partial charge in [-0.25, -0.2) is 0 Å². The van der Waals surface area contributed by atoms with E-state index in [1.54, 1.807) is 4.90 Å². The minimum Gasteiger partial charge on any atom is -0.327 e. The van der Waals surface area contributed by atoms with Gasteiger partial charge >= 0.3 is 0 Å². The Bertz CT molecular complexity index is 255. The number of rotatable bonds is 2. The van der Waals surface area contributed by atoms with Gasteiger partial charge in [-0.05, 0) is 18.8 Å². The Kier molecular flexibility index (Phi) is 3.54.